The topological polar surface area (TPSA) is 56.8 Å². The summed E-state index contributed by atoms with van der Waals surface area (Å²) in [5.74, 6) is 0.0899. The van der Waals surface area contributed by atoms with Crippen molar-refractivity contribution in [3.63, 3.8) is 0 Å². The Kier molecular flexibility index (Phi) is 2.87. The van der Waals surface area contributed by atoms with Crippen molar-refractivity contribution in [2.24, 2.45) is 10.7 Å². The summed E-state index contributed by atoms with van der Waals surface area (Å²) in [5, 5.41) is 0. The van der Waals surface area contributed by atoms with Gasteiger partial charge in [0.15, 0.2) is 0 Å². The number of alkyl halides is 2. The van der Waals surface area contributed by atoms with E-state index in [1.54, 1.807) is 25.1 Å². The second kappa shape index (κ2) is 4.20. The van der Waals surface area contributed by atoms with Crippen molar-refractivity contribution in [2.75, 3.05) is 6.61 Å². The first-order valence-electron chi connectivity index (χ1n) is 5.04. The van der Waals surface area contributed by atoms with E-state index >= 15 is 0 Å². The molecule has 0 bridgehead atoms. The molecular formula is C11H12F2N2O2. The summed E-state index contributed by atoms with van der Waals surface area (Å²) in [6.07, 6.45) is 0. The zero-order valence-electron chi connectivity index (χ0n) is 9.19. The van der Waals surface area contributed by atoms with Gasteiger partial charge in [0, 0.05) is 5.56 Å². The molecule has 0 aliphatic carbocycles. The van der Waals surface area contributed by atoms with Crippen molar-refractivity contribution in [1.29, 1.82) is 0 Å². The number of benzene rings is 1. The molecule has 0 spiro atoms. The highest BCUT2D eigenvalue weighted by atomic mass is 19.3. The van der Waals surface area contributed by atoms with Gasteiger partial charge in [-0.15, -0.1) is 0 Å². The molecule has 1 unspecified atom stereocenters. The van der Waals surface area contributed by atoms with Crippen LogP contribution in [0.1, 0.15) is 12.5 Å². The van der Waals surface area contributed by atoms with Crippen molar-refractivity contribution < 1.29 is 18.3 Å². The Labute approximate surface area is 97.0 Å². The molecule has 6 heteroatoms. The number of amidine groups is 1. The van der Waals surface area contributed by atoms with Crippen LogP contribution in [0.25, 0.3) is 0 Å². The van der Waals surface area contributed by atoms with E-state index in [2.05, 4.69) is 9.73 Å². The van der Waals surface area contributed by atoms with Crippen LogP contribution in [0.2, 0.25) is 0 Å². The predicted octanol–water partition coefficient (Wildman–Crippen LogP) is 1.85. The first-order valence-corrected chi connectivity index (χ1v) is 5.04. The van der Waals surface area contributed by atoms with Crippen LogP contribution < -0.4 is 10.5 Å². The molecular weight excluding hydrogens is 230 g/mol. The number of nitrogens with two attached hydrogens (primary N) is 1. The standard InChI is InChI=1S/C11H12F2N2O2/c1-11(6-16-10(14)15-11)7-4-2-3-5-8(7)17-9(12)13/h2-5,9H,6H2,1H3,(H2,14,15). The molecule has 0 fully saturated rings. The van der Waals surface area contributed by atoms with Gasteiger partial charge in [0.05, 0.1) is 0 Å². The average Bonchev–Trinajstić information content (AvgIpc) is 2.59. The van der Waals surface area contributed by atoms with E-state index in [0.29, 0.717) is 5.56 Å². The maximum absolute atomic E-state index is 12.3. The van der Waals surface area contributed by atoms with E-state index in [0.717, 1.165) is 0 Å². The molecule has 0 saturated heterocycles. The van der Waals surface area contributed by atoms with Crippen LogP contribution in [0.5, 0.6) is 5.75 Å². The fraction of sp³-hybridized carbons (Fsp3) is 0.364. The van der Waals surface area contributed by atoms with Gasteiger partial charge in [-0.25, -0.2) is 4.99 Å². The van der Waals surface area contributed by atoms with Gasteiger partial charge in [-0.3, -0.25) is 0 Å². The Morgan fingerprint density at radius 1 is 1.47 bits per heavy atom. The van der Waals surface area contributed by atoms with Crippen LogP contribution in [0.4, 0.5) is 8.78 Å². The van der Waals surface area contributed by atoms with Gasteiger partial charge in [0.1, 0.15) is 17.9 Å². The van der Waals surface area contributed by atoms with Crippen molar-refractivity contribution in [2.45, 2.75) is 19.1 Å². The lowest BCUT2D eigenvalue weighted by molar-refractivity contribution is -0.0510. The molecule has 0 aromatic heterocycles. The van der Waals surface area contributed by atoms with E-state index in [4.69, 9.17) is 10.5 Å². The fourth-order valence-corrected chi connectivity index (χ4v) is 1.77. The number of ether oxygens (including phenoxy) is 2. The minimum Gasteiger partial charge on any atom is -0.462 e. The van der Waals surface area contributed by atoms with Gasteiger partial charge in [-0.05, 0) is 13.0 Å². The second-order valence-corrected chi connectivity index (χ2v) is 3.89. The van der Waals surface area contributed by atoms with E-state index in [9.17, 15) is 8.78 Å². The molecule has 4 nitrogen and oxygen atoms in total. The minimum atomic E-state index is -2.87. The summed E-state index contributed by atoms with van der Waals surface area (Å²) >= 11 is 0. The van der Waals surface area contributed by atoms with Crippen LogP contribution >= 0.6 is 0 Å². The number of hydrogen-bond donors (Lipinski definition) is 1. The molecule has 1 aliphatic heterocycles. The van der Waals surface area contributed by atoms with Crippen molar-refractivity contribution in [1.82, 2.24) is 0 Å². The lowest BCUT2D eigenvalue weighted by Crippen LogP contribution is -2.22. The highest BCUT2D eigenvalue weighted by Gasteiger charge is 2.35. The molecule has 92 valence electrons. The van der Waals surface area contributed by atoms with Crippen molar-refractivity contribution >= 4 is 6.02 Å². The van der Waals surface area contributed by atoms with Crippen LogP contribution in [0, 0.1) is 0 Å². The molecule has 17 heavy (non-hydrogen) atoms. The van der Waals surface area contributed by atoms with E-state index in [1.807, 2.05) is 0 Å². The zero-order valence-corrected chi connectivity index (χ0v) is 9.19. The lowest BCUT2D eigenvalue weighted by Gasteiger charge is -2.21. The highest BCUT2D eigenvalue weighted by Crippen LogP contribution is 2.36. The van der Waals surface area contributed by atoms with Crippen LogP contribution in [-0.2, 0) is 10.3 Å². The van der Waals surface area contributed by atoms with Crippen LogP contribution in [0.15, 0.2) is 29.3 Å². The maximum Gasteiger partial charge on any atom is 0.387 e. The molecule has 1 atom stereocenters. The van der Waals surface area contributed by atoms with Crippen LogP contribution in [-0.4, -0.2) is 19.2 Å². The van der Waals surface area contributed by atoms with Gasteiger partial charge >= 0.3 is 6.61 Å². The number of aliphatic imine (C=N–C) groups is 1. The summed E-state index contributed by atoms with van der Waals surface area (Å²) in [5.41, 5.74) is 5.18. The number of nitrogens with zero attached hydrogens (tertiary/aromatic N) is 1. The third kappa shape index (κ3) is 2.30. The summed E-state index contributed by atoms with van der Waals surface area (Å²) in [7, 11) is 0. The van der Waals surface area contributed by atoms with E-state index in [-0.39, 0.29) is 18.4 Å². The van der Waals surface area contributed by atoms with Gasteiger partial charge in [0.25, 0.3) is 6.02 Å². The van der Waals surface area contributed by atoms with Crippen molar-refractivity contribution in [3.8, 4) is 5.75 Å². The first kappa shape index (κ1) is 11.6. The number of hydrogen-bond acceptors (Lipinski definition) is 4. The van der Waals surface area contributed by atoms with E-state index < -0.39 is 12.2 Å². The zero-order chi connectivity index (χ0) is 12.5. The quantitative estimate of drug-likeness (QED) is 0.880. The van der Waals surface area contributed by atoms with Gasteiger partial charge < -0.3 is 15.2 Å². The molecule has 0 amide bonds. The largest absolute Gasteiger partial charge is 0.462 e. The van der Waals surface area contributed by atoms with Gasteiger partial charge in [-0.2, -0.15) is 8.78 Å². The Morgan fingerprint density at radius 2 is 2.18 bits per heavy atom. The third-order valence-electron chi connectivity index (χ3n) is 2.54. The summed E-state index contributed by atoms with van der Waals surface area (Å²) in [4.78, 5) is 4.11. The van der Waals surface area contributed by atoms with Gasteiger partial charge in [0.2, 0.25) is 0 Å². The average molecular weight is 242 g/mol. The van der Waals surface area contributed by atoms with Gasteiger partial charge in [-0.1, -0.05) is 18.2 Å². The van der Waals surface area contributed by atoms with E-state index in [1.165, 1.54) is 6.07 Å². The Hall–Kier alpha value is -1.85. The van der Waals surface area contributed by atoms with Crippen LogP contribution in [0.3, 0.4) is 0 Å². The summed E-state index contributed by atoms with van der Waals surface area (Å²) < 4.78 is 34.1. The number of para-hydroxylation sites is 1. The smallest absolute Gasteiger partial charge is 0.387 e. The summed E-state index contributed by atoms with van der Waals surface area (Å²) in [6, 6.07) is 6.54. The Morgan fingerprint density at radius 3 is 2.76 bits per heavy atom. The number of halogens is 2. The molecule has 1 aliphatic rings. The molecule has 2 N–H and O–H groups in total. The molecule has 0 radical (unpaired) electrons. The molecule has 0 saturated carbocycles. The molecule has 1 aromatic rings. The second-order valence-electron chi connectivity index (χ2n) is 3.89. The Balaban J connectivity index is 2.38. The maximum atomic E-state index is 12.3. The molecule has 2 rings (SSSR count). The first-order chi connectivity index (χ1) is 8.01. The molecule has 1 heterocycles. The lowest BCUT2D eigenvalue weighted by atomic mass is 9.93. The SMILES string of the molecule is CC1(c2ccccc2OC(F)F)COC(N)=N1. The fourth-order valence-electron chi connectivity index (χ4n) is 1.77. The monoisotopic (exact) mass is 242 g/mol. The number of rotatable bonds is 3. The predicted molar refractivity (Wildman–Crippen MR) is 58.0 cm³/mol. The minimum absolute atomic E-state index is 0.0550. The third-order valence-corrected chi connectivity index (χ3v) is 2.54. The molecule has 1 aromatic carbocycles. The summed E-state index contributed by atoms with van der Waals surface area (Å²) in [6.45, 7) is -0.911. The highest BCUT2D eigenvalue weighted by molar-refractivity contribution is 5.74. The normalized spacial score (nSPS) is 23.4. The Bertz CT molecular complexity index is 451. The van der Waals surface area contributed by atoms with Crippen molar-refractivity contribution in [3.05, 3.63) is 29.8 Å².